The fraction of sp³-hybridized carbons (Fsp3) is 0.435. The summed E-state index contributed by atoms with van der Waals surface area (Å²) < 4.78 is 5.82. The minimum Gasteiger partial charge on any atom is -0.493 e. The van der Waals surface area contributed by atoms with Crippen LogP contribution in [0.1, 0.15) is 43.2 Å². The lowest BCUT2D eigenvalue weighted by Gasteiger charge is -2.28. The number of rotatable bonds is 7. The molecule has 1 N–H and O–H groups in total. The van der Waals surface area contributed by atoms with Crippen molar-refractivity contribution in [2.24, 2.45) is 0 Å². The lowest BCUT2D eigenvalue weighted by atomic mass is 10.1. The lowest BCUT2D eigenvalue weighted by molar-refractivity contribution is -0.116. The van der Waals surface area contributed by atoms with Gasteiger partial charge < -0.3 is 15.0 Å². The minimum atomic E-state index is 0.0327. The van der Waals surface area contributed by atoms with Gasteiger partial charge in [-0.3, -0.25) is 4.79 Å². The van der Waals surface area contributed by atoms with E-state index in [-0.39, 0.29) is 5.91 Å². The van der Waals surface area contributed by atoms with Crippen LogP contribution in [-0.4, -0.2) is 25.6 Å². The Kier molecular flexibility index (Phi) is 6.74. The molecular formula is C23H30N2O2. The van der Waals surface area contributed by atoms with E-state index in [2.05, 4.69) is 41.4 Å². The first-order valence-corrected chi connectivity index (χ1v) is 9.97. The third-order valence-electron chi connectivity index (χ3n) is 5.02. The minimum absolute atomic E-state index is 0.0327. The number of anilines is 2. The fourth-order valence-electron chi connectivity index (χ4n) is 3.41. The Balaban J connectivity index is 1.40. The van der Waals surface area contributed by atoms with E-state index in [1.165, 1.54) is 30.5 Å². The quantitative estimate of drug-likeness (QED) is 0.694. The molecule has 27 heavy (non-hydrogen) atoms. The molecular weight excluding hydrogens is 336 g/mol. The van der Waals surface area contributed by atoms with Crippen molar-refractivity contribution in [2.75, 3.05) is 29.9 Å². The van der Waals surface area contributed by atoms with Crippen molar-refractivity contribution in [1.82, 2.24) is 0 Å². The van der Waals surface area contributed by atoms with Gasteiger partial charge >= 0.3 is 0 Å². The van der Waals surface area contributed by atoms with Crippen molar-refractivity contribution < 1.29 is 9.53 Å². The summed E-state index contributed by atoms with van der Waals surface area (Å²) in [6.07, 6.45) is 5.02. The number of carbonyl (C=O) groups is 1. The highest BCUT2D eigenvalue weighted by atomic mass is 16.5. The highest BCUT2D eigenvalue weighted by Crippen LogP contribution is 2.22. The summed E-state index contributed by atoms with van der Waals surface area (Å²) in [5, 5.41) is 2.98. The second kappa shape index (κ2) is 9.45. The molecule has 0 aromatic heterocycles. The molecule has 0 unspecified atom stereocenters. The molecule has 1 saturated heterocycles. The van der Waals surface area contributed by atoms with Gasteiger partial charge in [-0.1, -0.05) is 12.1 Å². The summed E-state index contributed by atoms with van der Waals surface area (Å²) >= 11 is 0. The van der Waals surface area contributed by atoms with E-state index in [4.69, 9.17) is 4.74 Å². The van der Waals surface area contributed by atoms with E-state index in [1.54, 1.807) is 0 Å². The van der Waals surface area contributed by atoms with Crippen LogP contribution in [0.3, 0.4) is 0 Å². The molecule has 0 saturated carbocycles. The van der Waals surface area contributed by atoms with E-state index >= 15 is 0 Å². The van der Waals surface area contributed by atoms with Gasteiger partial charge in [0.15, 0.2) is 0 Å². The molecule has 1 aliphatic rings. The number of benzene rings is 2. The molecule has 144 valence electrons. The molecule has 1 fully saturated rings. The van der Waals surface area contributed by atoms with Gasteiger partial charge in [0.25, 0.3) is 0 Å². The Morgan fingerprint density at radius 1 is 1.04 bits per heavy atom. The van der Waals surface area contributed by atoms with E-state index in [1.807, 2.05) is 25.1 Å². The number of piperidine rings is 1. The lowest BCUT2D eigenvalue weighted by Crippen LogP contribution is -2.29. The zero-order valence-corrected chi connectivity index (χ0v) is 16.5. The number of aryl methyl sites for hydroxylation is 2. The van der Waals surface area contributed by atoms with Crippen LogP contribution >= 0.6 is 0 Å². The van der Waals surface area contributed by atoms with Gasteiger partial charge in [0, 0.05) is 30.9 Å². The normalized spacial score (nSPS) is 14.1. The standard InChI is InChI=1S/C23H30N2O2/c1-18-8-9-19(2)22(17-18)27-16-6-7-23(26)24-20-10-12-21(13-11-20)25-14-4-3-5-15-25/h8-13,17H,3-7,14-16H2,1-2H3,(H,24,26). The highest BCUT2D eigenvalue weighted by molar-refractivity contribution is 5.90. The number of hydrogen-bond donors (Lipinski definition) is 1. The zero-order chi connectivity index (χ0) is 19.1. The van der Waals surface area contributed by atoms with Crippen molar-refractivity contribution in [2.45, 2.75) is 46.0 Å². The Bertz CT molecular complexity index is 749. The summed E-state index contributed by atoms with van der Waals surface area (Å²) in [6.45, 7) is 6.90. The number of nitrogens with one attached hydrogen (secondary N) is 1. The molecule has 0 radical (unpaired) electrons. The van der Waals surface area contributed by atoms with Crippen LogP contribution in [0.5, 0.6) is 5.75 Å². The monoisotopic (exact) mass is 366 g/mol. The molecule has 2 aromatic rings. The second-order valence-corrected chi connectivity index (χ2v) is 7.36. The van der Waals surface area contributed by atoms with Gasteiger partial charge in [0.05, 0.1) is 6.61 Å². The molecule has 1 heterocycles. The maximum atomic E-state index is 12.2. The molecule has 0 bridgehead atoms. The number of ether oxygens (including phenoxy) is 1. The van der Waals surface area contributed by atoms with Crippen LogP contribution in [0.2, 0.25) is 0 Å². The van der Waals surface area contributed by atoms with E-state index < -0.39 is 0 Å². The maximum Gasteiger partial charge on any atom is 0.224 e. The molecule has 1 amide bonds. The van der Waals surface area contributed by atoms with E-state index in [0.717, 1.165) is 30.1 Å². The van der Waals surface area contributed by atoms with Gasteiger partial charge in [-0.25, -0.2) is 0 Å². The number of nitrogens with zero attached hydrogens (tertiary/aromatic N) is 1. The van der Waals surface area contributed by atoms with Gasteiger partial charge in [-0.15, -0.1) is 0 Å². The molecule has 2 aromatic carbocycles. The number of hydrogen-bond acceptors (Lipinski definition) is 3. The fourth-order valence-corrected chi connectivity index (χ4v) is 3.41. The SMILES string of the molecule is Cc1ccc(C)c(OCCCC(=O)Nc2ccc(N3CCCCC3)cc2)c1. The van der Waals surface area contributed by atoms with Crippen LogP contribution < -0.4 is 15.0 Å². The summed E-state index contributed by atoms with van der Waals surface area (Å²) in [5.74, 6) is 0.939. The van der Waals surface area contributed by atoms with Crippen molar-refractivity contribution in [1.29, 1.82) is 0 Å². The average Bonchev–Trinajstić information content (AvgIpc) is 2.69. The Hall–Kier alpha value is -2.49. The van der Waals surface area contributed by atoms with Crippen LogP contribution in [0.15, 0.2) is 42.5 Å². The van der Waals surface area contributed by atoms with Gasteiger partial charge in [0.2, 0.25) is 5.91 Å². The van der Waals surface area contributed by atoms with Crippen molar-refractivity contribution in [3.05, 3.63) is 53.6 Å². The molecule has 0 spiro atoms. The molecule has 3 rings (SSSR count). The molecule has 4 nitrogen and oxygen atoms in total. The first kappa shape index (κ1) is 19.3. The second-order valence-electron chi connectivity index (χ2n) is 7.36. The number of amides is 1. The van der Waals surface area contributed by atoms with Gasteiger partial charge in [-0.2, -0.15) is 0 Å². The Morgan fingerprint density at radius 2 is 1.78 bits per heavy atom. The first-order valence-electron chi connectivity index (χ1n) is 9.97. The molecule has 4 heteroatoms. The highest BCUT2D eigenvalue weighted by Gasteiger charge is 2.11. The van der Waals surface area contributed by atoms with Gasteiger partial charge in [0.1, 0.15) is 5.75 Å². The van der Waals surface area contributed by atoms with Gasteiger partial charge in [-0.05, 0) is 81.0 Å². The largest absolute Gasteiger partial charge is 0.493 e. The van der Waals surface area contributed by atoms with Crippen molar-refractivity contribution in [3.63, 3.8) is 0 Å². The summed E-state index contributed by atoms with van der Waals surface area (Å²) in [7, 11) is 0. The molecule has 0 atom stereocenters. The predicted molar refractivity (Wildman–Crippen MR) is 112 cm³/mol. The smallest absolute Gasteiger partial charge is 0.224 e. The average molecular weight is 367 g/mol. The topological polar surface area (TPSA) is 41.6 Å². The van der Waals surface area contributed by atoms with Crippen molar-refractivity contribution >= 4 is 17.3 Å². The van der Waals surface area contributed by atoms with Crippen LogP contribution in [0.25, 0.3) is 0 Å². The summed E-state index contributed by atoms with van der Waals surface area (Å²) in [4.78, 5) is 14.6. The summed E-state index contributed by atoms with van der Waals surface area (Å²) in [5.41, 5.74) is 4.41. The number of carbonyl (C=O) groups excluding carboxylic acids is 1. The van der Waals surface area contributed by atoms with E-state index in [0.29, 0.717) is 19.4 Å². The Labute approximate surface area is 162 Å². The van der Waals surface area contributed by atoms with Crippen LogP contribution in [0, 0.1) is 13.8 Å². The predicted octanol–water partition coefficient (Wildman–Crippen LogP) is 5.09. The van der Waals surface area contributed by atoms with Crippen molar-refractivity contribution in [3.8, 4) is 5.75 Å². The van der Waals surface area contributed by atoms with Crippen LogP contribution in [0.4, 0.5) is 11.4 Å². The zero-order valence-electron chi connectivity index (χ0n) is 16.5. The third-order valence-corrected chi connectivity index (χ3v) is 5.02. The summed E-state index contributed by atoms with van der Waals surface area (Å²) in [6, 6.07) is 14.4. The van der Waals surface area contributed by atoms with Crippen LogP contribution in [-0.2, 0) is 4.79 Å². The Morgan fingerprint density at radius 3 is 2.52 bits per heavy atom. The van der Waals surface area contributed by atoms with E-state index in [9.17, 15) is 4.79 Å². The first-order chi connectivity index (χ1) is 13.1. The third kappa shape index (κ3) is 5.75. The molecule has 1 aliphatic heterocycles. The maximum absolute atomic E-state index is 12.2. The molecule has 0 aliphatic carbocycles.